The molecule has 4 aliphatic rings. The lowest BCUT2D eigenvalue weighted by Gasteiger charge is -2.33. The van der Waals surface area contributed by atoms with E-state index >= 15 is 0 Å². The van der Waals surface area contributed by atoms with Crippen LogP contribution in [0.2, 0.25) is 0 Å². The summed E-state index contributed by atoms with van der Waals surface area (Å²) >= 11 is 0. The molecule has 2 heterocycles. The molecule has 9 aromatic rings. The molecule has 0 fully saturated rings. The van der Waals surface area contributed by atoms with Crippen LogP contribution in [0.4, 0.5) is 0 Å². The Bertz CT molecular complexity index is 3120. The highest BCUT2D eigenvalue weighted by molar-refractivity contribution is 6.98. The second-order valence-corrected chi connectivity index (χ2v) is 15.4. The van der Waals surface area contributed by atoms with Gasteiger partial charge < -0.3 is 9.47 Å². The summed E-state index contributed by atoms with van der Waals surface area (Å²) in [6, 6.07) is 69.0. The number of para-hydroxylation sites is 1. The largest absolute Gasteiger partial charge is 0.458 e. The van der Waals surface area contributed by atoms with Crippen LogP contribution in [-0.4, -0.2) is 6.71 Å². The summed E-state index contributed by atoms with van der Waals surface area (Å²) in [7, 11) is 0. The van der Waals surface area contributed by atoms with Gasteiger partial charge in [0.15, 0.2) is 0 Å². The van der Waals surface area contributed by atoms with Crippen LogP contribution in [0.15, 0.2) is 188 Å². The van der Waals surface area contributed by atoms with E-state index < -0.39 is 5.41 Å². The van der Waals surface area contributed by atoms with E-state index in [1.807, 2.05) is 12.1 Å². The average molecular weight is 711 g/mol. The first-order valence-electron chi connectivity index (χ1n) is 19.5. The molecular weight excluding hydrogens is 679 g/mol. The first kappa shape index (κ1) is 30.3. The third-order valence-corrected chi connectivity index (χ3v) is 12.8. The molecule has 0 atom stereocenters. The maximum Gasteiger partial charge on any atom is 0.260 e. The number of hydrogen-bond acceptors (Lipinski definition) is 2. The Morgan fingerprint density at radius 2 is 0.875 bits per heavy atom. The quantitative estimate of drug-likeness (QED) is 0.166. The van der Waals surface area contributed by atoms with E-state index in [1.165, 1.54) is 72.0 Å². The molecule has 0 saturated heterocycles. The minimum Gasteiger partial charge on any atom is -0.458 e. The summed E-state index contributed by atoms with van der Waals surface area (Å²) in [5, 5.41) is 2.53. The molecule has 9 aromatic carbocycles. The van der Waals surface area contributed by atoms with Gasteiger partial charge in [0.1, 0.15) is 23.0 Å². The number of hydrogen-bond donors (Lipinski definition) is 0. The van der Waals surface area contributed by atoms with Gasteiger partial charge in [-0.05, 0) is 119 Å². The van der Waals surface area contributed by atoms with Gasteiger partial charge in [-0.3, -0.25) is 0 Å². The number of rotatable bonds is 2. The lowest BCUT2D eigenvalue weighted by atomic mass is 9.35. The molecule has 0 N–H and O–H groups in total. The van der Waals surface area contributed by atoms with Crippen LogP contribution in [0.1, 0.15) is 22.3 Å². The molecule has 0 saturated carbocycles. The van der Waals surface area contributed by atoms with Crippen molar-refractivity contribution < 1.29 is 9.47 Å². The van der Waals surface area contributed by atoms with Gasteiger partial charge in [0.2, 0.25) is 0 Å². The van der Waals surface area contributed by atoms with Crippen LogP contribution in [0, 0.1) is 0 Å². The highest BCUT2D eigenvalue weighted by atomic mass is 16.5. The van der Waals surface area contributed by atoms with Crippen molar-refractivity contribution in [2.75, 3.05) is 0 Å². The molecule has 0 amide bonds. The summed E-state index contributed by atoms with van der Waals surface area (Å²) in [5.41, 5.74) is 18.5. The van der Waals surface area contributed by atoms with E-state index in [-0.39, 0.29) is 6.71 Å². The number of benzene rings is 9. The van der Waals surface area contributed by atoms with Crippen LogP contribution in [0.5, 0.6) is 23.0 Å². The van der Waals surface area contributed by atoms with E-state index in [4.69, 9.17) is 9.47 Å². The van der Waals surface area contributed by atoms with Crippen LogP contribution >= 0.6 is 0 Å². The van der Waals surface area contributed by atoms with Crippen LogP contribution in [0.25, 0.3) is 55.3 Å². The molecule has 13 rings (SSSR count). The topological polar surface area (TPSA) is 18.5 Å². The van der Waals surface area contributed by atoms with Crippen molar-refractivity contribution in [3.8, 4) is 67.5 Å². The summed E-state index contributed by atoms with van der Waals surface area (Å²) in [5.74, 6) is 3.50. The molecule has 258 valence electrons. The van der Waals surface area contributed by atoms with Crippen molar-refractivity contribution in [2.24, 2.45) is 0 Å². The minimum absolute atomic E-state index is 0.00343. The molecular formula is C53H31BO2. The van der Waals surface area contributed by atoms with Gasteiger partial charge in [-0.1, -0.05) is 158 Å². The van der Waals surface area contributed by atoms with Gasteiger partial charge >= 0.3 is 0 Å². The second kappa shape index (κ2) is 11.0. The number of ether oxygens (including phenoxy) is 2. The first-order valence-corrected chi connectivity index (χ1v) is 19.5. The van der Waals surface area contributed by atoms with Crippen LogP contribution in [-0.2, 0) is 5.41 Å². The Kier molecular flexibility index (Phi) is 5.94. The van der Waals surface area contributed by atoms with E-state index in [1.54, 1.807) is 0 Å². The van der Waals surface area contributed by atoms with Crippen molar-refractivity contribution in [3.05, 3.63) is 210 Å². The maximum absolute atomic E-state index is 6.61. The van der Waals surface area contributed by atoms with Gasteiger partial charge in [-0.25, -0.2) is 0 Å². The monoisotopic (exact) mass is 710 g/mol. The van der Waals surface area contributed by atoms with E-state index in [9.17, 15) is 0 Å². The summed E-state index contributed by atoms with van der Waals surface area (Å²) in [6.07, 6.45) is 0. The van der Waals surface area contributed by atoms with Gasteiger partial charge in [-0.15, -0.1) is 0 Å². The fraction of sp³-hybridized carbons (Fsp3) is 0.0189. The van der Waals surface area contributed by atoms with Gasteiger partial charge in [0.25, 0.3) is 6.71 Å². The Morgan fingerprint density at radius 3 is 1.61 bits per heavy atom. The van der Waals surface area contributed by atoms with Crippen molar-refractivity contribution in [3.63, 3.8) is 0 Å². The standard InChI is InChI=1S/C53H31BO2/c1-2-15-34(33(14-1)32-28-29-48-46(30-32)54-45-24-11-12-25-47(45)55-49-26-13-27-50(56-48)52(49)54)40-31-44-51(38-19-4-3-16-35(38)40)39-20-7-10-23-43(39)53(44)41-21-8-5-17-36(41)37-18-6-9-22-42(37)53/h1-31H. The van der Waals surface area contributed by atoms with Crippen molar-refractivity contribution in [2.45, 2.75) is 5.41 Å². The maximum atomic E-state index is 6.61. The first-order chi connectivity index (χ1) is 27.8. The molecule has 2 aliphatic heterocycles. The summed E-state index contributed by atoms with van der Waals surface area (Å²) in [4.78, 5) is 0. The Morgan fingerprint density at radius 1 is 0.339 bits per heavy atom. The van der Waals surface area contributed by atoms with Crippen LogP contribution < -0.4 is 25.9 Å². The minimum atomic E-state index is -0.433. The Hall–Kier alpha value is -7.10. The zero-order chi connectivity index (χ0) is 36.5. The zero-order valence-electron chi connectivity index (χ0n) is 30.3. The smallest absolute Gasteiger partial charge is 0.260 e. The SMILES string of the molecule is c1ccc2c(c1)Oc1cccc3c1B2c1cc(-c2ccccc2-c2cc4c(c5ccccc25)-c2ccccc2C42c4ccccc4-c4ccccc42)ccc1O3. The molecule has 2 nitrogen and oxygen atoms in total. The molecule has 0 unspecified atom stereocenters. The van der Waals surface area contributed by atoms with Crippen LogP contribution in [0.3, 0.4) is 0 Å². The average Bonchev–Trinajstić information content (AvgIpc) is 3.73. The number of fused-ring (bicyclic) bond motifs is 16. The lowest BCUT2D eigenvalue weighted by Crippen LogP contribution is -2.57. The molecule has 1 spiro atoms. The molecule has 2 aliphatic carbocycles. The normalized spacial score (nSPS) is 14.1. The molecule has 3 heteroatoms. The van der Waals surface area contributed by atoms with E-state index in [0.29, 0.717) is 0 Å². The van der Waals surface area contributed by atoms with Crippen molar-refractivity contribution >= 4 is 33.9 Å². The molecule has 0 radical (unpaired) electrons. The van der Waals surface area contributed by atoms with E-state index in [0.717, 1.165) is 44.9 Å². The predicted octanol–water partition coefficient (Wildman–Crippen LogP) is 11.2. The lowest BCUT2D eigenvalue weighted by molar-refractivity contribution is 0.464. The highest BCUT2D eigenvalue weighted by Crippen LogP contribution is 2.64. The Balaban J connectivity index is 1.07. The predicted molar refractivity (Wildman–Crippen MR) is 229 cm³/mol. The zero-order valence-corrected chi connectivity index (χ0v) is 30.3. The summed E-state index contributed by atoms with van der Waals surface area (Å²) < 4.78 is 13.1. The molecule has 56 heavy (non-hydrogen) atoms. The van der Waals surface area contributed by atoms with Gasteiger partial charge in [-0.2, -0.15) is 0 Å². The second-order valence-electron chi connectivity index (χ2n) is 15.4. The fourth-order valence-electron chi connectivity index (χ4n) is 10.7. The highest BCUT2D eigenvalue weighted by Gasteiger charge is 2.52. The van der Waals surface area contributed by atoms with Crippen molar-refractivity contribution in [1.29, 1.82) is 0 Å². The molecule has 0 bridgehead atoms. The third-order valence-electron chi connectivity index (χ3n) is 12.8. The fourth-order valence-corrected chi connectivity index (χ4v) is 10.7. The Labute approximate surface area is 325 Å². The van der Waals surface area contributed by atoms with Crippen molar-refractivity contribution in [1.82, 2.24) is 0 Å². The van der Waals surface area contributed by atoms with Gasteiger partial charge in [0.05, 0.1) is 5.41 Å². The third kappa shape index (κ3) is 3.77. The molecule has 0 aromatic heterocycles. The van der Waals surface area contributed by atoms with E-state index in [2.05, 4.69) is 176 Å². The summed E-state index contributed by atoms with van der Waals surface area (Å²) in [6.45, 7) is 0.00343. The van der Waals surface area contributed by atoms with Gasteiger partial charge in [0, 0.05) is 5.46 Å².